The lowest BCUT2D eigenvalue weighted by Gasteiger charge is -2.20. The van der Waals surface area contributed by atoms with E-state index < -0.39 is 0 Å². The van der Waals surface area contributed by atoms with Crippen LogP contribution in [0.1, 0.15) is 32.1 Å². The molecule has 2 N–H and O–H groups in total. The molecule has 4 heteroatoms. The zero-order valence-corrected chi connectivity index (χ0v) is 10.2. The van der Waals surface area contributed by atoms with Crippen molar-refractivity contribution in [1.29, 1.82) is 0 Å². The van der Waals surface area contributed by atoms with Crippen LogP contribution in [-0.4, -0.2) is 41.9 Å². The molecule has 3 nitrogen and oxygen atoms in total. The summed E-state index contributed by atoms with van der Waals surface area (Å²) >= 11 is 1.78. The molecule has 1 rings (SSSR count). The van der Waals surface area contributed by atoms with E-state index in [4.69, 9.17) is 5.73 Å². The number of nitrogens with zero attached hydrogens (tertiary/aromatic N) is 1. The van der Waals surface area contributed by atoms with Gasteiger partial charge in [0.15, 0.2) is 0 Å². The molecule has 0 saturated carbocycles. The summed E-state index contributed by atoms with van der Waals surface area (Å²) < 4.78 is 0. The first-order valence-electron chi connectivity index (χ1n) is 5.90. The summed E-state index contributed by atoms with van der Waals surface area (Å²) in [6.07, 6.45) is 5.62. The van der Waals surface area contributed by atoms with Gasteiger partial charge >= 0.3 is 0 Å². The Hall–Kier alpha value is -0.220. The highest BCUT2D eigenvalue weighted by Gasteiger charge is 2.14. The number of hydrogen-bond donors (Lipinski definition) is 1. The Bertz CT molecular complexity index is 179. The van der Waals surface area contributed by atoms with E-state index in [1.807, 2.05) is 4.90 Å². The molecule has 0 radical (unpaired) electrons. The van der Waals surface area contributed by atoms with E-state index in [1.165, 1.54) is 25.7 Å². The summed E-state index contributed by atoms with van der Waals surface area (Å²) in [4.78, 5) is 13.8. The predicted molar refractivity (Wildman–Crippen MR) is 66.0 cm³/mol. The fraction of sp³-hybridized carbons (Fsp3) is 0.909. The molecule has 0 unspecified atom stereocenters. The molecule has 0 aromatic rings. The molecule has 0 atom stereocenters. The Labute approximate surface area is 96.8 Å². The topological polar surface area (TPSA) is 46.3 Å². The highest BCUT2D eigenvalue weighted by molar-refractivity contribution is 7.99. The van der Waals surface area contributed by atoms with Crippen LogP contribution in [0.25, 0.3) is 0 Å². The smallest absolute Gasteiger partial charge is 0.223 e. The summed E-state index contributed by atoms with van der Waals surface area (Å²) in [5.74, 6) is 2.22. The molecular weight excluding hydrogens is 208 g/mol. The van der Waals surface area contributed by atoms with Gasteiger partial charge in [-0.1, -0.05) is 12.8 Å². The SMILES string of the molecule is NCCSCCC(=O)N1CCCCCC1. The molecule has 1 heterocycles. The van der Waals surface area contributed by atoms with Crippen molar-refractivity contribution >= 4 is 17.7 Å². The van der Waals surface area contributed by atoms with Crippen LogP contribution < -0.4 is 5.73 Å². The number of likely N-dealkylation sites (tertiary alicyclic amines) is 1. The van der Waals surface area contributed by atoms with Crippen molar-refractivity contribution in [2.75, 3.05) is 31.1 Å². The Kier molecular flexibility index (Phi) is 6.85. The van der Waals surface area contributed by atoms with Crippen LogP contribution in [0.2, 0.25) is 0 Å². The first-order chi connectivity index (χ1) is 7.34. The predicted octanol–water partition coefficient (Wildman–Crippen LogP) is 1.47. The molecule has 1 fully saturated rings. The van der Waals surface area contributed by atoms with E-state index in [2.05, 4.69) is 0 Å². The van der Waals surface area contributed by atoms with Crippen LogP contribution in [0.4, 0.5) is 0 Å². The molecule has 1 amide bonds. The molecule has 0 bridgehead atoms. The molecule has 1 aliphatic heterocycles. The normalized spacial score (nSPS) is 17.5. The third kappa shape index (κ3) is 5.42. The zero-order valence-electron chi connectivity index (χ0n) is 9.41. The number of amides is 1. The zero-order chi connectivity index (χ0) is 10.9. The van der Waals surface area contributed by atoms with Crippen molar-refractivity contribution in [3.8, 4) is 0 Å². The quantitative estimate of drug-likeness (QED) is 0.728. The second-order valence-electron chi connectivity index (χ2n) is 3.95. The molecule has 1 saturated heterocycles. The monoisotopic (exact) mass is 230 g/mol. The first kappa shape index (κ1) is 12.8. The number of thioether (sulfide) groups is 1. The molecule has 0 aliphatic carbocycles. The molecule has 88 valence electrons. The van der Waals surface area contributed by atoms with Crippen molar-refractivity contribution in [1.82, 2.24) is 4.90 Å². The lowest BCUT2D eigenvalue weighted by Crippen LogP contribution is -2.32. The number of rotatable bonds is 5. The van der Waals surface area contributed by atoms with Gasteiger partial charge in [0, 0.05) is 37.6 Å². The molecule has 0 aromatic carbocycles. The third-order valence-corrected chi connectivity index (χ3v) is 3.70. The Morgan fingerprint density at radius 2 is 1.80 bits per heavy atom. The van der Waals surface area contributed by atoms with Gasteiger partial charge in [-0.05, 0) is 12.8 Å². The van der Waals surface area contributed by atoms with Crippen molar-refractivity contribution < 1.29 is 4.79 Å². The fourth-order valence-corrected chi connectivity index (χ4v) is 2.51. The van der Waals surface area contributed by atoms with Gasteiger partial charge in [0.05, 0.1) is 0 Å². The summed E-state index contributed by atoms with van der Waals surface area (Å²) in [6.45, 7) is 2.66. The average Bonchev–Trinajstić information content (AvgIpc) is 2.52. The lowest BCUT2D eigenvalue weighted by molar-refractivity contribution is -0.130. The maximum absolute atomic E-state index is 11.8. The summed E-state index contributed by atoms with van der Waals surface area (Å²) in [6, 6.07) is 0. The maximum atomic E-state index is 11.8. The summed E-state index contributed by atoms with van der Waals surface area (Å²) in [5, 5.41) is 0. The van der Waals surface area contributed by atoms with E-state index in [0.29, 0.717) is 18.9 Å². The van der Waals surface area contributed by atoms with Crippen molar-refractivity contribution in [2.24, 2.45) is 5.73 Å². The highest BCUT2D eigenvalue weighted by Crippen LogP contribution is 2.11. The van der Waals surface area contributed by atoms with Crippen LogP contribution in [0, 0.1) is 0 Å². The molecular formula is C11H22N2OS. The van der Waals surface area contributed by atoms with Gasteiger partial charge in [0.25, 0.3) is 0 Å². The molecule has 0 aromatic heterocycles. The standard InChI is InChI=1S/C11H22N2OS/c12-6-10-15-9-5-11(14)13-7-3-1-2-4-8-13/h1-10,12H2. The van der Waals surface area contributed by atoms with Gasteiger partial charge in [-0.2, -0.15) is 11.8 Å². The van der Waals surface area contributed by atoms with Crippen LogP contribution in [0.5, 0.6) is 0 Å². The lowest BCUT2D eigenvalue weighted by atomic mass is 10.2. The van der Waals surface area contributed by atoms with Gasteiger partial charge in [-0.15, -0.1) is 0 Å². The van der Waals surface area contributed by atoms with E-state index in [1.54, 1.807) is 11.8 Å². The minimum Gasteiger partial charge on any atom is -0.343 e. The number of nitrogens with two attached hydrogens (primary N) is 1. The van der Waals surface area contributed by atoms with Crippen LogP contribution >= 0.6 is 11.8 Å². The largest absolute Gasteiger partial charge is 0.343 e. The van der Waals surface area contributed by atoms with E-state index >= 15 is 0 Å². The van der Waals surface area contributed by atoms with E-state index in [9.17, 15) is 4.79 Å². The minimum atomic E-state index is 0.335. The van der Waals surface area contributed by atoms with Crippen LogP contribution in [0.3, 0.4) is 0 Å². The van der Waals surface area contributed by atoms with Gasteiger partial charge in [0.2, 0.25) is 5.91 Å². The Balaban J connectivity index is 2.14. The maximum Gasteiger partial charge on any atom is 0.223 e. The minimum absolute atomic E-state index is 0.335. The molecule has 0 spiro atoms. The fourth-order valence-electron chi connectivity index (χ4n) is 1.82. The van der Waals surface area contributed by atoms with Crippen molar-refractivity contribution in [3.05, 3.63) is 0 Å². The number of carbonyl (C=O) groups excluding carboxylic acids is 1. The number of carbonyl (C=O) groups is 1. The Morgan fingerprint density at radius 3 is 2.40 bits per heavy atom. The third-order valence-electron chi connectivity index (χ3n) is 2.68. The summed E-state index contributed by atoms with van der Waals surface area (Å²) in [7, 11) is 0. The van der Waals surface area contributed by atoms with Gasteiger partial charge in [0.1, 0.15) is 0 Å². The van der Waals surface area contributed by atoms with Crippen LogP contribution in [-0.2, 0) is 4.79 Å². The van der Waals surface area contributed by atoms with Gasteiger partial charge < -0.3 is 10.6 Å². The second kappa shape index (κ2) is 7.99. The average molecular weight is 230 g/mol. The number of hydrogen-bond acceptors (Lipinski definition) is 3. The van der Waals surface area contributed by atoms with Crippen molar-refractivity contribution in [2.45, 2.75) is 32.1 Å². The van der Waals surface area contributed by atoms with Gasteiger partial charge in [-0.3, -0.25) is 4.79 Å². The first-order valence-corrected chi connectivity index (χ1v) is 7.05. The van der Waals surface area contributed by atoms with Crippen LogP contribution in [0.15, 0.2) is 0 Å². The van der Waals surface area contributed by atoms with Gasteiger partial charge in [-0.25, -0.2) is 0 Å². The molecule has 15 heavy (non-hydrogen) atoms. The molecule has 1 aliphatic rings. The van der Waals surface area contributed by atoms with Crippen molar-refractivity contribution in [3.63, 3.8) is 0 Å². The summed E-state index contributed by atoms with van der Waals surface area (Å²) in [5.41, 5.74) is 5.39. The van der Waals surface area contributed by atoms with E-state index in [-0.39, 0.29) is 0 Å². The Morgan fingerprint density at radius 1 is 1.13 bits per heavy atom. The second-order valence-corrected chi connectivity index (χ2v) is 5.17. The highest BCUT2D eigenvalue weighted by atomic mass is 32.2. The van der Waals surface area contributed by atoms with E-state index in [0.717, 1.165) is 24.6 Å².